The molecule has 138 valence electrons. The van der Waals surface area contributed by atoms with Crippen LogP contribution in [0.5, 0.6) is 5.75 Å². The summed E-state index contributed by atoms with van der Waals surface area (Å²) in [5, 5.41) is 25.7. The molecule has 3 aromatic rings. The van der Waals surface area contributed by atoms with E-state index >= 15 is 0 Å². The van der Waals surface area contributed by atoms with Gasteiger partial charge in [-0.3, -0.25) is 5.43 Å². The van der Waals surface area contributed by atoms with Crippen LogP contribution in [0.2, 0.25) is 10.0 Å². The van der Waals surface area contributed by atoms with Crippen molar-refractivity contribution in [1.82, 2.24) is 4.98 Å². The fourth-order valence-corrected chi connectivity index (χ4v) is 3.16. The summed E-state index contributed by atoms with van der Waals surface area (Å²) in [6, 6.07) is 11.5. The molecule has 27 heavy (non-hydrogen) atoms. The van der Waals surface area contributed by atoms with Crippen LogP contribution in [0.1, 0.15) is 5.56 Å². The molecule has 0 unspecified atom stereocenters. The zero-order valence-corrected chi connectivity index (χ0v) is 16.0. The third-order valence-corrected chi connectivity index (χ3v) is 5.05. The van der Waals surface area contributed by atoms with Crippen LogP contribution in [0.25, 0.3) is 11.3 Å². The number of nitrogens with one attached hydrogen (secondary N) is 1. The van der Waals surface area contributed by atoms with E-state index in [9.17, 15) is 15.0 Å². The molecule has 0 saturated carbocycles. The molecule has 0 radical (unpaired) electrons. The molecular formula is C18H13Cl2N3O3S. The first kappa shape index (κ1) is 19.2. The minimum Gasteiger partial charge on any atom is -0.508 e. The lowest BCUT2D eigenvalue weighted by molar-refractivity contribution is -0.129. The molecule has 3 N–H and O–H groups in total. The van der Waals surface area contributed by atoms with E-state index in [1.165, 1.54) is 23.5 Å². The topological polar surface area (TPSA) is 94.8 Å². The lowest BCUT2D eigenvalue weighted by Crippen LogP contribution is -2.17. The number of aliphatic carboxylic acids is 1. The van der Waals surface area contributed by atoms with Gasteiger partial charge in [-0.1, -0.05) is 41.4 Å². The number of aromatic nitrogens is 1. The number of hydrogen-bond acceptors (Lipinski definition) is 6. The van der Waals surface area contributed by atoms with E-state index in [1.807, 2.05) is 0 Å². The van der Waals surface area contributed by atoms with E-state index in [1.54, 1.807) is 35.7 Å². The van der Waals surface area contributed by atoms with E-state index in [0.717, 1.165) is 5.56 Å². The van der Waals surface area contributed by atoms with Crippen molar-refractivity contribution < 1.29 is 15.0 Å². The highest BCUT2D eigenvalue weighted by Crippen LogP contribution is 2.30. The number of benzene rings is 2. The van der Waals surface area contributed by atoms with Crippen molar-refractivity contribution in [3.05, 3.63) is 63.5 Å². The van der Waals surface area contributed by atoms with Crippen LogP contribution in [0, 0.1) is 0 Å². The number of carboxylic acids is 1. The number of thiazole rings is 1. The molecule has 0 aliphatic carbocycles. The molecule has 6 nitrogen and oxygen atoms in total. The number of carboxylic acid groups (broad SMARTS) is 1. The van der Waals surface area contributed by atoms with Crippen molar-refractivity contribution in [3.8, 4) is 17.0 Å². The first-order valence-electron chi connectivity index (χ1n) is 7.67. The molecule has 0 atom stereocenters. The van der Waals surface area contributed by atoms with E-state index in [2.05, 4.69) is 15.5 Å². The summed E-state index contributed by atoms with van der Waals surface area (Å²) in [5.41, 5.74) is 4.78. The Morgan fingerprint density at radius 2 is 1.89 bits per heavy atom. The maximum absolute atomic E-state index is 11.4. The van der Waals surface area contributed by atoms with E-state index in [0.29, 0.717) is 26.4 Å². The summed E-state index contributed by atoms with van der Waals surface area (Å²) in [4.78, 5) is 15.8. The Morgan fingerprint density at radius 3 is 2.56 bits per heavy atom. The fourth-order valence-electron chi connectivity index (χ4n) is 2.20. The van der Waals surface area contributed by atoms with Crippen LogP contribution in [0.15, 0.2) is 52.9 Å². The third kappa shape index (κ3) is 4.97. The Bertz CT molecular complexity index is 1000. The lowest BCUT2D eigenvalue weighted by Gasteiger charge is -2.03. The Balaban J connectivity index is 1.75. The van der Waals surface area contributed by atoms with Crippen molar-refractivity contribution in [2.75, 3.05) is 5.43 Å². The second-order valence-electron chi connectivity index (χ2n) is 5.49. The highest BCUT2D eigenvalue weighted by atomic mass is 35.5. The van der Waals surface area contributed by atoms with Crippen LogP contribution in [-0.2, 0) is 11.2 Å². The number of anilines is 1. The molecule has 0 saturated heterocycles. The van der Waals surface area contributed by atoms with E-state index < -0.39 is 5.97 Å². The first-order chi connectivity index (χ1) is 12.9. The molecule has 9 heteroatoms. The maximum Gasteiger partial charge on any atom is 0.352 e. The van der Waals surface area contributed by atoms with Gasteiger partial charge in [0.05, 0.1) is 15.7 Å². The molecule has 0 aliphatic rings. The predicted octanol–water partition coefficient (Wildman–Crippen LogP) is 4.92. The van der Waals surface area contributed by atoms with Crippen LogP contribution >= 0.6 is 34.5 Å². The number of nitrogens with zero attached hydrogens (tertiary/aromatic N) is 2. The van der Waals surface area contributed by atoms with Gasteiger partial charge in [0.25, 0.3) is 0 Å². The normalized spacial score (nSPS) is 11.4. The van der Waals surface area contributed by atoms with Crippen molar-refractivity contribution in [3.63, 3.8) is 0 Å². The average Bonchev–Trinajstić information content (AvgIpc) is 3.11. The monoisotopic (exact) mass is 421 g/mol. The molecule has 0 amide bonds. The van der Waals surface area contributed by atoms with E-state index in [4.69, 9.17) is 23.2 Å². The standard InChI is InChI=1S/C18H13Cl2N3O3S/c19-13-6-3-11(8-14(13)20)16-9-27-18(21-16)23-22-15(17(25)26)7-10-1-4-12(24)5-2-10/h1-6,8-9,24H,7H2,(H,21,23)(H,25,26)/b22-15+. The van der Waals surface area contributed by atoms with Gasteiger partial charge in [-0.15, -0.1) is 11.3 Å². The van der Waals surface area contributed by atoms with Crippen molar-refractivity contribution in [2.24, 2.45) is 5.10 Å². The smallest absolute Gasteiger partial charge is 0.352 e. The highest BCUT2D eigenvalue weighted by Gasteiger charge is 2.12. The highest BCUT2D eigenvalue weighted by molar-refractivity contribution is 7.14. The van der Waals surface area contributed by atoms with Gasteiger partial charge >= 0.3 is 5.97 Å². The number of aromatic hydroxyl groups is 1. The fraction of sp³-hybridized carbons (Fsp3) is 0.0556. The van der Waals surface area contributed by atoms with Crippen molar-refractivity contribution >= 4 is 51.4 Å². The van der Waals surface area contributed by atoms with Gasteiger partial charge in [-0.05, 0) is 29.8 Å². The number of phenols is 1. The number of carbonyl (C=O) groups is 1. The molecule has 1 heterocycles. The van der Waals surface area contributed by atoms with E-state index in [-0.39, 0.29) is 17.9 Å². The van der Waals surface area contributed by atoms with Gasteiger partial charge in [0.1, 0.15) is 11.5 Å². The molecule has 3 rings (SSSR count). The molecular weight excluding hydrogens is 409 g/mol. The predicted molar refractivity (Wildman–Crippen MR) is 108 cm³/mol. The lowest BCUT2D eigenvalue weighted by atomic mass is 10.1. The Labute approximate surface area is 168 Å². The quantitative estimate of drug-likeness (QED) is 0.387. The van der Waals surface area contributed by atoms with Gasteiger partial charge in [0.15, 0.2) is 0 Å². The minimum atomic E-state index is -1.14. The van der Waals surface area contributed by atoms with Crippen LogP contribution in [0.4, 0.5) is 5.13 Å². The van der Waals surface area contributed by atoms with Crippen molar-refractivity contribution in [2.45, 2.75) is 6.42 Å². The zero-order chi connectivity index (χ0) is 19.4. The molecule has 0 aliphatic heterocycles. The van der Waals surface area contributed by atoms with Crippen molar-refractivity contribution in [1.29, 1.82) is 0 Å². The summed E-state index contributed by atoms with van der Waals surface area (Å²) < 4.78 is 0. The minimum absolute atomic E-state index is 0.0769. The number of halogens is 2. The second kappa shape index (κ2) is 8.39. The molecule has 0 bridgehead atoms. The molecule has 0 fully saturated rings. The summed E-state index contributed by atoms with van der Waals surface area (Å²) in [5.74, 6) is -1.03. The SMILES string of the molecule is O=C(O)/C(Cc1ccc(O)cc1)=N/Nc1nc(-c2ccc(Cl)c(Cl)c2)cs1. The number of hydrazone groups is 1. The largest absolute Gasteiger partial charge is 0.508 e. The van der Waals surface area contributed by atoms with Gasteiger partial charge in [0, 0.05) is 17.4 Å². The summed E-state index contributed by atoms with van der Waals surface area (Å²) in [6.07, 6.45) is 0.105. The summed E-state index contributed by atoms with van der Waals surface area (Å²) in [6.45, 7) is 0. The van der Waals surface area contributed by atoms with Crippen LogP contribution in [-0.4, -0.2) is 26.9 Å². The van der Waals surface area contributed by atoms with Gasteiger partial charge in [-0.25, -0.2) is 9.78 Å². The maximum atomic E-state index is 11.4. The average molecular weight is 422 g/mol. The zero-order valence-electron chi connectivity index (χ0n) is 13.7. The van der Waals surface area contributed by atoms with Gasteiger partial charge in [-0.2, -0.15) is 5.10 Å². The Kier molecular flexibility index (Phi) is 5.95. The van der Waals surface area contributed by atoms with Crippen LogP contribution < -0.4 is 5.43 Å². The molecule has 0 spiro atoms. The number of rotatable bonds is 6. The summed E-state index contributed by atoms with van der Waals surface area (Å²) >= 11 is 13.2. The second-order valence-corrected chi connectivity index (χ2v) is 7.16. The Hall–Kier alpha value is -2.61. The first-order valence-corrected chi connectivity index (χ1v) is 9.30. The number of hydrogen-bond donors (Lipinski definition) is 3. The Morgan fingerprint density at radius 1 is 1.15 bits per heavy atom. The summed E-state index contributed by atoms with van der Waals surface area (Å²) in [7, 11) is 0. The number of phenolic OH excluding ortho intramolecular Hbond substituents is 1. The molecule has 1 aromatic heterocycles. The van der Waals surface area contributed by atoms with Crippen LogP contribution in [0.3, 0.4) is 0 Å². The van der Waals surface area contributed by atoms with Gasteiger partial charge < -0.3 is 10.2 Å². The van der Waals surface area contributed by atoms with Gasteiger partial charge in [0.2, 0.25) is 5.13 Å². The third-order valence-electron chi connectivity index (χ3n) is 3.56. The molecule has 2 aromatic carbocycles.